The zero-order valence-electron chi connectivity index (χ0n) is 22.8. The van der Waals surface area contributed by atoms with Crippen molar-refractivity contribution < 1.29 is 49.9 Å². The number of carbonyl (C=O) groups is 3. The van der Waals surface area contributed by atoms with E-state index in [2.05, 4.69) is 0 Å². The number of alkyl halides is 6. The summed E-state index contributed by atoms with van der Waals surface area (Å²) in [5.41, 5.74) is -4.97. The van der Waals surface area contributed by atoms with Gasteiger partial charge in [0, 0.05) is 51.4 Å². The Morgan fingerprint density at radius 3 is 2.14 bits per heavy atom. The van der Waals surface area contributed by atoms with Crippen LogP contribution in [0.15, 0.2) is 36.4 Å². The molecular formula is C27H27F7N4O4. The monoisotopic (exact) mass is 604 g/mol. The number of carbonyl (C=O) groups excluding carboxylic acids is 3. The summed E-state index contributed by atoms with van der Waals surface area (Å²) in [6, 6.07) is 3.45. The predicted octanol–water partition coefficient (Wildman–Crippen LogP) is 6.00. The first-order chi connectivity index (χ1) is 19.4. The van der Waals surface area contributed by atoms with Crippen LogP contribution in [0.1, 0.15) is 30.9 Å². The normalized spacial score (nSPS) is 16.5. The Morgan fingerprint density at radius 2 is 1.60 bits per heavy atom. The average Bonchev–Trinajstić information content (AvgIpc) is 3.56. The van der Waals surface area contributed by atoms with Crippen LogP contribution < -0.4 is 14.5 Å². The van der Waals surface area contributed by atoms with Gasteiger partial charge in [-0.1, -0.05) is 6.92 Å². The zero-order chi connectivity index (χ0) is 31.2. The van der Waals surface area contributed by atoms with Gasteiger partial charge < -0.3 is 14.5 Å². The molecule has 1 heterocycles. The van der Waals surface area contributed by atoms with Crippen molar-refractivity contribution in [1.29, 1.82) is 0 Å². The van der Waals surface area contributed by atoms with Crippen LogP contribution in [-0.4, -0.2) is 68.1 Å². The third kappa shape index (κ3) is 6.39. The average molecular weight is 605 g/mol. The number of amides is 4. The van der Waals surface area contributed by atoms with E-state index in [1.165, 1.54) is 9.80 Å². The highest BCUT2D eigenvalue weighted by atomic mass is 19.4. The minimum absolute atomic E-state index is 0.0190. The summed E-state index contributed by atoms with van der Waals surface area (Å²) in [5.74, 6) is -2.07. The topological polar surface area (TPSA) is 73.4 Å². The summed E-state index contributed by atoms with van der Waals surface area (Å²) in [7, 11) is 2.65. The lowest BCUT2D eigenvalue weighted by atomic mass is 10.1. The lowest BCUT2D eigenvalue weighted by Gasteiger charge is -2.27. The van der Waals surface area contributed by atoms with Crippen LogP contribution in [0.4, 0.5) is 51.7 Å². The van der Waals surface area contributed by atoms with Crippen molar-refractivity contribution in [1.82, 2.24) is 9.80 Å². The smallest absolute Gasteiger partial charge is 0.407 e. The Morgan fingerprint density at radius 1 is 0.976 bits per heavy atom. The molecule has 1 aliphatic carbocycles. The molecule has 15 heteroatoms. The Kier molecular flexibility index (Phi) is 8.08. The van der Waals surface area contributed by atoms with Gasteiger partial charge in [-0.2, -0.15) is 26.3 Å². The number of nitrogens with zero attached hydrogens (tertiary/aromatic N) is 4. The Hall–Kier alpha value is -4.04. The molecule has 0 aromatic heterocycles. The highest BCUT2D eigenvalue weighted by molar-refractivity contribution is 5.97. The molecule has 2 aromatic rings. The van der Waals surface area contributed by atoms with Gasteiger partial charge in [-0.15, -0.1) is 0 Å². The van der Waals surface area contributed by atoms with Crippen LogP contribution in [0.2, 0.25) is 0 Å². The maximum Gasteiger partial charge on any atom is 0.420 e. The minimum atomic E-state index is -5.41. The molecule has 228 valence electrons. The third-order valence-electron chi connectivity index (χ3n) is 7.33. The van der Waals surface area contributed by atoms with Crippen molar-refractivity contribution in [2.75, 3.05) is 50.1 Å². The molecule has 8 nitrogen and oxygen atoms in total. The third-order valence-corrected chi connectivity index (χ3v) is 7.33. The van der Waals surface area contributed by atoms with E-state index in [4.69, 9.17) is 4.74 Å². The minimum Gasteiger partial charge on any atom is -0.407 e. The summed E-state index contributed by atoms with van der Waals surface area (Å²) in [6.45, 7) is 1.48. The van der Waals surface area contributed by atoms with Gasteiger partial charge in [0.05, 0.1) is 11.3 Å². The fourth-order valence-corrected chi connectivity index (χ4v) is 4.47. The van der Waals surface area contributed by atoms with Gasteiger partial charge >= 0.3 is 24.5 Å². The zero-order valence-corrected chi connectivity index (χ0v) is 22.8. The molecule has 42 heavy (non-hydrogen) atoms. The molecule has 0 radical (unpaired) electrons. The maximum absolute atomic E-state index is 14.1. The van der Waals surface area contributed by atoms with Crippen molar-refractivity contribution in [3.63, 3.8) is 0 Å². The number of hydrogen-bond donors (Lipinski definition) is 0. The first-order valence-electron chi connectivity index (χ1n) is 12.8. The quantitative estimate of drug-likeness (QED) is 0.364. The summed E-state index contributed by atoms with van der Waals surface area (Å²) in [5, 5.41) is 0. The van der Waals surface area contributed by atoms with E-state index < -0.39 is 58.3 Å². The molecule has 2 fully saturated rings. The fourth-order valence-electron chi connectivity index (χ4n) is 4.47. The highest BCUT2D eigenvalue weighted by Crippen LogP contribution is 2.47. The second-order valence-corrected chi connectivity index (χ2v) is 10.5. The maximum atomic E-state index is 14.1. The second-order valence-electron chi connectivity index (χ2n) is 10.5. The number of urea groups is 1. The molecule has 4 amide bonds. The first-order valence-corrected chi connectivity index (χ1v) is 12.8. The standard InChI is InChI=1S/C27H27F7N4O4/c1-25(8-9-25)22(39)35(2)10-11-37-12-13-38(23(37)40)20-15-16(26(29,30)31)14-19(27(32,33)34)21(20)42-24(41)36(3)18-6-4-17(28)5-7-18/h4-7,14-15H,8-13H2,1-3H3. The van der Waals surface area contributed by atoms with E-state index in [1.807, 2.05) is 0 Å². The molecule has 1 saturated carbocycles. The number of halogens is 7. The van der Waals surface area contributed by atoms with Crippen LogP contribution in [0.5, 0.6) is 5.75 Å². The van der Waals surface area contributed by atoms with Crippen molar-refractivity contribution in [2.45, 2.75) is 32.1 Å². The SMILES string of the molecule is CN(CCN1CCN(c2cc(C(F)(F)F)cc(C(F)(F)F)c2OC(=O)N(C)c2ccc(F)cc2)C1=O)C(=O)C1(C)CC1. The number of benzene rings is 2. The van der Waals surface area contributed by atoms with Crippen molar-refractivity contribution in [3.05, 3.63) is 53.3 Å². The van der Waals surface area contributed by atoms with Crippen molar-refractivity contribution in [3.8, 4) is 5.75 Å². The van der Waals surface area contributed by atoms with Gasteiger partial charge in [-0.05, 0) is 49.2 Å². The molecule has 0 bridgehead atoms. The molecular weight excluding hydrogens is 577 g/mol. The molecule has 4 rings (SSSR count). The van der Waals surface area contributed by atoms with Crippen molar-refractivity contribution in [2.24, 2.45) is 5.41 Å². The van der Waals surface area contributed by atoms with Crippen LogP contribution >= 0.6 is 0 Å². The lowest BCUT2D eigenvalue weighted by molar-refractivity contribution is -0.143. The van der Waals surface area contributed by atoms with Crippen LogP contribution in [0.3, 0.4) is 0 Å². The van der Waals surface area contributed by atoms with Gasteiger partial charge in [0.1, 0.15) is 11.4 Å². The van der Waals surface area contributed by atoms with Crippen LogP contribution in [-0.2, 0) is 17.1 Å². The van der Waals surface area contributed by atoms with E-state index in [-0.39, 0.29) is 43.8 Å². The van der Waals surface area contributed by atoms with E-state index in [9.17, 15) is 45.1 Å². The van der Waals surface area contributed by atoms with E-state index in [1.54, 1.807) is 14.0 Å². The molecule has 0 spiro atoms. The van der Waals surface area contributed by atoms with E-state index in [0.29, 0.717) is 11.0 Å². The van der Waals surface area contributed by atoms with Gasteiger partial charge in [-0.25, -0.2) is 14.0 Å². The van der Waals surface area contributed by atoms with Crippen LogP contribution in [0.25, 0.3) is 0 Å². The van der Waals surface area contributed by atoms with Gasteiger partial charge in [-0.3, -0.25) is 14.6 Å². The van der Waals surface area contributed by atoms with Crippen LogP contribution in [0, 0.1) is 11.2 Å². The molecule has 1 aliphatic heterocycles. The van der Waals surface area contributed by atoms with Gasteiger partial charge in [0.15, 0.2) is 5.75 Å². The Labute approximate surface area is 236 Å². The largest absolute Gasteiger partial charge is 0.420 e. The van der Waals surface area contributed by atoms with Gasteiger partial charge in [0.2, 0.25) is 5.91 Å². The molecule has 2 aliphatic rings. The van der Waals surface area contributed by atoms with E-state index >= 15 is 0 Å². The summed E-state index contributed by atoms with van der Waals surface area (Å²) in [4.78, 5) is 42.6. The second kappa shape index (κ2) is 11.0. The Bertz CT molecular complexity index is 1370. The first kappa shape index (κ1) is 30.9. The number of anilines is 2. The summed E-state index contributed by atoms with van der Waals surface area (Å²) >= 11 is 0. The van der Waals surface area contributed by atoms with Gasteiger partial charge in [0.25, 0.3) is 0 Å². The molecule has 0 N–H and O–H groups in total. The fraction of sp³-hybridized carbons (Fsp3) is 0.444. The summed E-state index contributed by atoms with van der Waals surface area (Å²) in [6.07, 6.45) is -10.6. The Balaban J connectivity index is 1.67. The molecule has 0 unspecified atom stereocenters. The predicted molar refractivity (Wildman–Crippen MR) is 137 cm³/mol. The molecule has 0 atom stereocenters. The number of likely N-dealkylation sites (N-methyl/N-ethyl adjacent to an activating group) is 1. The number of hydrogen-bond acceptors (Lipinski definition) is 4. The summed E-state index contributed by atoms with van der Waals surface area (Å²) < 4.78 is 102. The number of ether oxygens (including phenoxy) is 1. The molecule has 2 aromatic carbocycles. The number of rotatable bonds is 7. The van der Waals surface area contributed by atoms with Crippen molar-refractivity contribution >= 4 is 29.4 Å². The molecule has 1 saturated heterocycles. The highest BCUT2D eigenvalue weighted by Gasteiger charge is 2.47. The van der Waals surface area contributed by atoms with E-state index in [0.717, 1.165) is 49.1 Å². The lowest BCUT2D eigenvalue weighted by Crippen LogP contribution is -2.41.